The van der Waals surface area contributed by atoms with Crippen LogP contribution >= 0.6 is 11.6 Å². The van der Waals surface area contributed by atoms with Gasteiger partial charge in [0.25, 0.3) is 0 Å². The smallest absolute Gasteiger partial charge is 0.176 e. The van der Waals surface area contributed by atoms with E-state index in [9.17, 15) is 13.2 Å². The van der Waals surface area contributed by atoms with Gasteiger partial charge in [0.2, 0.25) is 0 Å². The molecule has 2 aromatic carbocycles. The molecule has 1 atom stereocenters. The van der Waals surface area contributed by atoms with Crippen LogP contribution in [0.2, 0.25) is 5.02 Å². The van der Waals surface area contributed by atoms with Gasteiger partial charge in [0.05, 0.1) is 23.1 Å². The molecule has 0 aliphatic carbocycles. The molecule has 5 rings (SSSR count). The van der Waals surface area contributed by atoms with E-state index < -0.39 is 17.8 Å². The summed E-state index contributed by atoms with van der Waals surface area (Å²) in [5.41, 5.74) is 1.68. The number of anilines is 2. The molecule has 1 aromatic heterocycles. The molecule has 1 saturated heterocycles. The molecule has 1 N–H and O–H groups in total. The quantitative estimate of drug-likeness (QED) is 0.648. The van der Waals surface area contributed by atoms with Crippen LogP contribution in [0.1, 0.15) is 12.0 Å². The van der Waals surface area contributed by atoms with E-state index in [1.54, 1.807) is 6.07 Å². The fourth-order valence-electron chi connectivity index (χ4n) is 3.65. The summed E-state index contributed by atoms with van der Waals surface area (Å²) in [6, 6.07) is 9.04. The van der Waals surface area contributed by atoms with Gasteiger partial charge in [-0.2, -0.15) is 5.10 Å². The first-order chi connectivity index (χ1) is 14.0. The highest BCUT2D eigenvalue weighted by molar-refractivity contribution is 6.33. The fourth-order valence-corrected chi connectivity index (χ4v) is 3.82. The lowest BCUT2D eigenvalue weighted by Gasteiger charge is -2.20. The minimum atomic E-state index is -0.861. The summed E-state index contributed by atoms with van der Waals surface area (Å²) in [6.07, 6.45) is 1.04. The average Bonchev–Trinajstić information content (AvgIpc) is 3.24. The Balaban J connectivity index is 1.66. The second-order valence-electron chi connectivity index (χ2n) is 6.94. The first-order valence-electron chi connectivity index (χ1n) is 9.08. The number of halogens is 4. The second kappa shape index (κ2) is 6.81. The van der Waals surface area contributed by atoms with Gasteiger partial charge in [0.1, 0.15) is 28.7 Å². The first-order valence-corrected chi connectivity index (χ1v) is 9.46. The molecule has 0 amide bonds. The zero-order valence-corrected chi connectivity index (χ0v) is 15.8. The number of hydrogen-bond donors (Lipinski definition) is 1. The number of benzene rings is 2. The Kier molecular flexibility index (Phi) is 4.24. The van der Waals surface area contributed by atoms with Gasteiger partial charge >= 0.3 is 0 Å². The van der Waals surface area contributed by atoms with Gasteiger partial charge in [0.15, 0.2) is 5.82 Å². The van der Waals surface area contributed by atoms with Crippen molar-refractivity contribution >= 4 is 34.6 Å². The van der Waals surface area contributed by atoms with E-state index in [0.29, 0.717) is 30.9 Å². The Morgan fingerprint density at radius 3 is 2.66 bits per heavy atom. The van der Waals surface area contributed by atoms with E-state index in [1.807, 2.05) is 17.0 Å². The van der Waals surface area contributed by atoms with Gasteiger partial charge in [-0.1, -0.05) is 17.7 Å². The van der Waals surface area contributed by atoms with Crippen LogP contribution < -0.4 is 10.2 Å². The maximum atomic E-state index is 14.4. The Bertz CT molecular complexity index is 1120. The van der Waals surface area contributed by atoms with Crippen molar-refractivity contribution in [1.29, 1.82) is 0 Å². The highest BCUT2D eigenvalue weighted by atomic mass is 35.5. The number of hydrogen-bond acceptors (Lipinski definition) is 4. The van der Waals surface area contributed by atoms with Crippen molar-refractivity contribution in [2.24, 2.45) is 4.99 Å². The molecule has 2 aliphatic rings. The van der Waals surface area contributed by atoms with Crippen LogP contribution in [0, 0.1) is 11.6 Å². The standard InChI is InChI=1S/C20H15ClF3N5/c21-13-9-25-29-17-8-12(28-7-6-11(22)10-28)4-5-16(17)26-19(27-20(13)29)18-14(23)2-1-3-15(18)24/h1-5,8-9,11H,6-7,10H2,(H,26,27)/t11-/m0/s1. The van der Waals surface area contributed by atoms with Crippen LogP contribution in [0.5, 0.6) is 0 Å². The molecule has 2 aliphatic heterocycles. The number of amidine groups is 1. The van der Waals surface area contributed by atoms with Crippen LogP contribution in [0.3, 0.4) is 0 Å². The fraction of sp³-hybridized carbons (Fsp3) is 0.200. The summed E-state index contributed by atoms with van der Waals surface area (Å²) in [4.78, 5) is 6.31. The van der Waals surface area contributed by atoms with Gasteiger partial charge in [-0.25, -0.2) is 22.8 Å². The molecular weight excluding hydrogens is 403 g/mol. The summed E-state index contributed by atoms with van der Waals surface area (Å²) in [7, 11) is 0. The highest BCUT2D eigenvalue weighted by Gasteiger charge is 2.26. The van der Waals surface area contributed by atoms with Crippen molar-refractivity contribution in [2.45, 2.75) is 12.6 Å². The van der Waals surface area contributed by atoms with Crippen molar-refractivity contribution in [3.63, 3.8) is 0 Å². The molecule has 0 bridgehead atoms. The first kappa shape index (κ1) is 18.1. The minimum Gasteiger partial charge on any atom is -0.368 e. The number of nitrogens with zero attached hydrogens (tertiary/aromatic N) is 4. The molecule has 0 unspecified atom stereocenters. The molecule has 3 heterocycles. The molecule has 0 saturated carbocycles. The van der Waals surface area contributed by atoms with Gasteiger partial charge < -0.3 is 10.2 Å². The monoisotopic (exact) mass is 417 g/mol. The van der Waals surface area contributed by atoms with Gasteiger partial charge in [0, 0.05) is 18.8 Å². The molecule has 0 spiro atoms. The Morgan fingerprint density at radius 2 is 1.93 bits per heavy atom. The van der Waals surface area contributed by atoms with E-state index in [-0.39, 0.29) is 22.2 Å². The Morgan fingerprint density at radius 1 is 1.14 bits per heavy atom. The predicted molar refractivity (Wildman–Crippen MR) is 106 cm³/mol. The topological polar surface area (TPSA) is 45.5 Å². The Labute approximate surface area is 169 Å². The molecule has 9 heteroatoms. The highest BCUT2D eigenvalue weighted by Crippen LogP contribution is 2.37. The number of aliphatic imine (C=N–C) groups is 1. The van der Waals surface area contributed by atoms with E-state index in [0.717, 1.165) is 17.8 Å². The third-order valence-corrected chi connectivity index (χ3v) is 5.34. The number of alkyl halides is 1. The number of rotatable bonds is 2. The van der Waals surface area contributed by atoms with Crippen LogP contribution in [-0.4, -0.2) is 34.9 Å². The second-order valence-corrected chi connectivity index (χ2v) is 7.35. The largest absolute Gasteiger partial charge is 0.368 e. The lowest BCUT2D eigenvalue weighted by atomic mass is 10.1. The lowest BCUT2D eigenvalue weighted by Crippen LogP contribution is -2.20. The average molecular weight is 418 g/mol. The van der Waals surface area contributed by atoms with Crippen LogP contribution in [0.15, 0.2) is 47.6 Å². The number of fused-ring (bicyclic) bond motifs is 3. The Hall–Kier alpha value is -3.00. The summed E-state index contributed by atoms with van der Waals surface area (Å²) >= 11 is 6.25. The minimum absolute atomic E-state index is 0.0132. The number of nitrogens with one attached hydrogen (secondary N) is 1. The molecule has 5 nitrogen and oxygen atoms in total. The van der Waals surface area contributed by atoms with Crippen molar-refractivity contribution < 1.29 is 13.2 Å². The molecular formula is C20H15ClF3N5. The maximum Gasteiger partial charge on any atom is 0.176 e. The molecule has 148 valence electrons. The van der Waals surface area contributed by atoms with Crippen molar-refractivity contribution in [3.8, 4) is 5.69 Å². The summed E-state index contributed by atoms with van der Waals surface area (Å²) in [5, 5.41) is 7.51. The van der Waals surface area contributed by atoms with Gasteiger partial charge in [-0.15, -0.1) is 0 Å². The van der Waals surface area contributed by atoms with Gasteiger partial charge in [-0.05, 0) is 36.8 Å². The molecule has 29 heavy (non-hydrogen) atoms. The van der Waals surface area contributed by atoms with Crippen molar-refractivity contribution in [1.82, 2.24) is 9.78 Å². The third-order valence-electron chi connectivity index (χ3n) is 5.08. The van der Waals surface area contributed by atoms with Crippen molar-refractivity contribution in [2.75, 3.05) is 23.3 Å². The van der Waals surface area contributed by atoms with E-state index in [4.69, 9.17) is 11.6 Å². The summed E-state index contributed by atoms with van der Waals surface area (Å²) in [6.45, 7) is 0.934. The zero-order chi connectivity index (χ0) is 20.1. The van der Waals surface area contributed by atoms with Crippen molar-refractivity contribution in [3.05, 3.63) is 64.8 Å². The van der Waals surface area contributed by atoms with E-state index in [1.165, 1.54) is 16.9 Å². The normalized spacial score (nSPS) is 18.0. The van der Waals surface area contributed by atoms with Crippen LogP contribution in [0.4, 0.5) is 30.4 Å². The summed E-state index contributed by atoms with van der Waals surface area (Å²) < 4.78 is 43.9. The van der Waals surface area contributed by atoms with E-state index >= 15 is 0 Å². The maximum absolute atomic E-state index is 14.4. The van der Waals surface area contributed by atoms with Gasteiger partial charge in [-0.3, -0.25) is 0 Å². The zero-order valence-electron chi connectivity index (χ0n) is 15.0. The van der Waals surface area contributed by atoms with Crippen LogP contribution in [0.25, 0.3) is 5.69 Å². The molecule has 0 radical (unpaired) electrons. The number of aromatic nitrogens is 2. The lowest BCUT2D eigenvalue weighted by molar-refractivity contribution is 0.364. The molecule has 3 aromatic rings. The van der Waals surface area contributed by atoms with E-state index in [2.05, 4.69) is 15.4 Å². The molecule has 1 fully saturated rings. The predicted octanol–water partition coefficient (Wildman–Crippen LogP) is 4.86. The van der Waals surface area contributed by atoms with Crippen LogP contribution in [-0.2, 0) is 0 Å². The summed E-state index contributed by atoms with van der Waals surface area (Å²) in [5.74, 6) is -1.26. The third kappa shape index (κ3) is 3.04. The SMILES string of the molecule is Fc1cccc(F)c1C1=Nc2c(Cl)cnn2-c2cc(N3CC[C@H](F)C3)ccc2N1.